The predicted octanol–water partition coefficient (Wildman–Crippen LogP) is 3.39. The van der Waals surface area contributed by atoms with Gasteiger partial charge in [-0.15, -0.1) is 11.3 Å². The second-order valence-corrected chi connectivity index (χ2v) is 5.94. The van der Waals surface area contributed by atoms with Gasteiger partial charge < -0.3 is 10.1 Å². The van der Waals surface area contributed by atoms with Gasteiger partial charge in [-0.1, -0.05) is 29.8 Å². The molecule has 0 bridgehead atoms. The van der Waals surface area contributed by atoms with Crippen molar-refractivity contribution in [3.63, 3.8) is 0 Å². The summed E-state index contributed by atoms with van der Waals surface area (Å²) in [5.74, 6) is 0.535. The fourth-order valence-electron chi connectivity index (χ4n) is 2.17. The Morgan fingerprint density at radius 1 is 1.48 bits per heavy atom. The van der Waals surface area contributed by atoms with Crippen molar-refractivity contribution in [3.8, 4) is 5.75 Å². The first-order chi connectivity index (χ1) is 11.2. The molecule has 0 aliphatic heterocycles. The Balaban J connectivity index is 1.67. The molecular formula is C16H14ClN3O2S. The van der Waals surface area contributed by atoms with Crippen molar-refractivity contribution in [2.45, 2.75) is 6.54 Å². The normalized spacial score (nSPS) is 11.2. The summed E-state index contributed by atoms with van der Waals surface area (Å²) in [7, 11) is 1.61. The zero-order valence-corrected chi connectivity index (χ0v) is 13.9. The highest BCUT2D eigenvalue weighted by molar-refractivity contribution is 7.15. The van der Waals surface area contributed by atoms with Crippen LogP contribution in [-0.2, 0) is 11.3 Å². The average molecular weight is 348 g/mol. The van der Waals surface area contributed by atoms with Crippen LogP contribution in [0.25, 0.3) is 11.0 Å². The molecule has 0 fully saturated rings. The highest BCUT2D eigenvalue weighted by Crippen LogP contribution is 2.22. The van der Waals surface area contributed by atoms with Gasteiger partial charge in [0.1, 0.15) is 5.75 Å². The van der Waals surface area contributed by atoms with Gasteiger partial charge in [0.2, 0.25) is 5.91 Å². The predicted molar refractivity (Wildman–Crippen MR) is 92.0 cm³/mol. The minimum absolute atomic E-state index is 0.211. The number of nitrogens with zero attached hydrogens (tertiary/aromatic N) is 2. The van der Waals surface area contributed by atoms with E-state index in [1.54, 1.807) is 13.2 Å². The molecule has 2 heterocycles. The second kappa shape index (κ2) is 6.85. The number of imidazole rings is 1. The number of methoxy groups -OCH3 is 1. The molecule has 2 aromatic heterocycles. The van der Waals surface area contributed by atoms with Gasteiger partial charge in [0.15, 0.2) is 10.1 Å². The number of rotatable bonds is 5. The van der Waals surface area contributed by atoms with Gasteiger partial charge in [-0.05, 0) is 12.1 Å². The molecule has 5 nitrogen and oxygen atoms in total. The number of para-hydroxylation sites is 1. The molecule has 0 unspecified atom stereocenters. The van der Waals surface area contributed by atoms with Crippen LogP contribution >= 0.6 is 22.9 Å². The second-order valence-electron chi connectivity index (χ2n) is 4.71. The first-order valence-corrected chi connectivity index (χ1v) is 8.13. The third-order valence-corrected chi connectivity index (χ3v) is 4.33. The Kier molecular flexibility index (Phi) is 4.64. The van der Waals surface area contributed by atoms with Crippen LogP contribution in [0.1, 0.15) is 11.3 Å². The average Bonchev–Trinajstić information content (AvgIpc) is 3.12. The molecule has 0 aliphatic carbocycles. The van der Waals surface area contributed by atoms with Crippen LogP contribution in [0.2, 0.25) is 5.15 Å². The number of thiazole rings is 1. The van der Waals surface area contributed by atoms with E-state index in [4.69, 9.17) is 16.3 Å². The molecule has 0 saturated heterocycles. The van der Waals surface area contributed by atoms with Gasteiger partial charge in [-0.3, -0.25) is 9.20 Å². The van der Waals surface area contributed by atoms with Gasteiger partial charge in [-0.2, -0.15) is 0 Å². The number of fused-ring (bicyclic) bond motifs is 1. The number of hydrogen-bond acceptors (Lipinski definition) is 4. The quantitative estimate of drug-likeness (QED) is 0.720. The van der Waals surface area contributed by atoms with Crippen LogP contribution < -0.4 is 10.1 Å². The molecule has 118 valence electrons. The van der Waals surface area contributed by atoms with Crippen molar-refractivity contribution >= 4 is 39.9 Å². The van der Waals surface area contributed by atoms with Crippen LogP contribution in [0.5, 0.6) is 5.75 Å². The fraction of sp³-hybridized carbons (Fsp3) is 0.125. The molecule has 23 heavy (non-hydrogen) atoms. The van der Waals surface area contributed by atoms with Gasteiger partial charge >= 0.3 is 0 Å². The third kappa shape index (κ3) is 3.38. The van der Waals surface area contributed by atoms with E-state index < -0.39 is 0 Å². The van der Waals surface area contributed by atoms with Crippen molar-refractivity contribution in [3.05, 3.63) is 58.3 Å². The Bertz CT molecular complexity index is 869. The van der Waals surface area contributed by atoms with E-state index in [0.29, 0.717) is 17.4 Å². The van der Waals surface area contributed by atoms with Gasteiger partial charge in [0, 0.05) is 29.8 Å². The van der Waals surface area contributed by atoms with E-state index in [0.717, 1.165) is 16.3 Å². The Morgan fingerprint density at radius 3 is 3.13 bits per heavy atom. The molecule has 0 spiro atoms. The summed E-state index contributed by atoms with van der Waals surface area (Å²) in [5, 5.41) is 5.12. The van der Waals surface area contributed by atoms with Crippen molar-refractivity contribution in [2.24, 2.45) is 0 Å². The topological polar surface area (TPSA) is 55.6 Å². The van der Waals surface area contributed by atoms with Crippen molar-refractivity contribution in [1.82, 2.24) is 14.7 Å². The lowest BCUT2D eigenvalue weighted by Gasteiger charge is -2.08. The Hall–Kier alpha value is -2.31. The van der Waals surface area contributed by atoms with Gasteiger partial charge in [0.05, 0.1) is 12.8 Å². The first-order valence-electron chi connectivity index (χ1n) is 6.88. The fourth-order valence-corrected chi connectivity index (χ4v) is 3.18. The maximum absolute atomic E-state index is 12.0. The van der Waals surface area contributed by atoms with E-state index in [1.807, 2.05) is 40.2 Å². The number of amides is 1. The minimum atomic E-state index is -0.211. The van der Waals surface area contributed by atoms with E-state index in [1.165, 1.54) is 17.4 Å². The zero-order valence-electron chi connectivity index (χ0n) is 12.3. The number of halogens is 1. The van der Waals surface area contributed by atoms with Crippen LogP contribution in [0.3, 0.4) is 0 Å². The lowest BCUT2D eigenvalue weighted by Crippen LogP contribution is -2.20. The molecule has 1 N–H and O–H groups in total. The molecule has 3 rings (SSSR count). The van der Waals surface area contributed by atoms with Crippen LogP contribution in [-0.4, -0.2) is 22.4 Å². The Morgan fingerprint density at radius 2 is 2.30 bits per heavy atom. The summed E-state index contributed by atoms with van der Waals surface area (Å²) in [6.07, 6.45) is 4.97. The molecule has 0 atom stereocenters. The highest BCUT2D eigenvalue weighted by atomic mass is 35.5. The number of hydrogen-bond donors (Lipinski definition) is 1. The Labute approximate surface area is 142 Å². The lowest BCUT2D eigenvalue weighted by molar-refractivity contribution is -0.116. The number of ether oxygens (including phenoxy) is 1. The van der Waals surface area contributed by atoms with Crippen molar-refractivity contribution in [1.29, 1.82) is 0 Å². The summed E-state index contributed by atoms with van der Waals surface area (Å²) in [5.41, 5.74) is 1.61. The first kappa shape index (κ1) is 15.6. The van der Waals surface area contributed by atoms with Gasteiger partial charge in [0.25, 0.3) is 0 Å². The molecule has 3 aromatic rings. The zero-order chi connectivity index (χ0) is 16.2. The van der Waals surface area contributed by atoms with E-state index in [-0.39, 0.29) is 5.91 Å². The van der Waals surface area contributed by atoms with Crippen LogP contribution in [0.4, 0.5) is 0 Å². The molecule has 0 aliphatic rings. The monoisotopic (exact) mass is 347 g/mol. The molecular weight excluding hydrogens is 334 g/mol. The lowest BCUT2D eigenvalue weighted by atomic mass is 10.2. The molecule has 1 aromatic carbocycles. The number of nitrogens with one attached hydrogen (secondary N) is 1. The number of carbonyl (C=O) groups is 1. The van der Waals surface area contributed by atoms with E-state index >= 15 is 0 Å². The van der Waals surface area contributed by atoms with Crippen molar-refractivity contribution in [2.75, 3.05) is 7.11 Å². The number of benzene rings is 1. The molecule has 0 radical (unpaired) electrons. The maximum atomic E-state index is 12.0. The van der Waals surface area contributed by atoms with E-state index in [2.05, 4.69) is 10.3 Å². The van der Waals surface area contributed by atoms with Crippen LogP contribution in [0.15, 0.2) is 41.9 Å². The number of carbonyl (C=O) groups excluding carboxylic acids is 1. The summed E-state index contributed by atoms with van der Waals surface area (Å²) < 4.78 is 7.10. The summed E-state index contributed by atoms with van der Waals surface area (Å²) >= 11 is 7.57. The highest BCUT2D eigenvalue weighted by Gasteiger charge is 2.09. The largest absolute Gasteiger partial charge is 0.496 e. The smallest absolute Gasteiger partial charge is 0.244 e. The van der Waals surface area contributed by atoms with Crippen molar-refractivity contribution < 1.29 is 9.53 Å². The van der Waals surface area contributed by atoms with Gasteiger partial charge in [-0.25, -0.2) is 4.98 Å². The maximum Gasteiger partial charge on any atom is 0.244 e. The summed E-state index contributed by atoms with van der Waals surface area (Å²) in [6, 6.07) is 7.55. The SMILES string of the molecule is COc1ccccc1CNC(=O)/C=C/c1c(Cl)nc2sccn12. The summed E-state index contributed by atoms with van der Waals surface area (Å²) in [4.78, 5) is 17.0. The van der Waals surface area contributed by atoms with Crippen LogP contribution in [0, 0.1) is 0 Å². The third-order valence-electron chi connectivity index (χ3n) is 3.29. The summed E-state index contributed by atoms with van der Waals surface area (Å²) in [6.45, 7) is 0.390. The standard InChI is InChI=1S/C16H14ClN3O2S/c1-22-13-5-3-2-4-11(13)10-18-14(21)7-6-12-15(17)19-16-20(12)8-9-23-16/h2-9H,10H2,1H3,(H,18,21)/b7-6+. The molecule has 1 amide bonds. The minimum Gasteiger partial charge on any atom is -0.496 e. The van der Waals surface area contributed by atoms with E-state index in [9.17, 15) is 4.79 Å². The molecule has 0 saturated carbocycles. The molecule has 7 heteroatoms. The number of aromatic nitrogens is 2.